The van der Waals surface area contributed by atoms with Gasteiger partial charge < -0.3 is 10.6 Å². The summed E-state index contributed by atoms with van der Waals surface area (Å²) < 4.78 is 1.62. The van der Waals surface area contributed by atoms with Gasteiger partial charge in [0.1, 0.15) is 0 Å². The maximum atomic E-state index is 12.0. The first-order chi connectivity index (χ1) is 11.7. The summed E-state index contributed by atoms with van der Waals surface area (Å²) in [5.41, 5.74) is 1.36. The molecular weight excluding hydrogens is 328 g/mol. The molecule has 0 spiro atoms. The lowest BCUT2D eigenvalue weighted by atomic mass is 10.3. The van der Waals surface area contributed by atoms with E-state index in [4.69, 9.17) is 11.6 Å². The number of amides is 1. The molecule has 0 radical (unpaired) electrons. The summed E-state index contributed by atoms with van der Waals surface area (Å²) in [5, 5.41) is 10.6. The lowest BCUT2D eigenvalue weighted by molar-refractivity contribution is -0.115. The van der Waals surface area contributed by atoms with E-state index in [1.165, 1.54) is 0 Å². The first kappa shape index (κ1) is 15.9. The second-order valence-corrected chi connectivity index (χ2v) is 5.33. The van der Waals surface area contributed by atoms with Gasteiger partial charge in [0.05, 0.1) is 28.8 Å². The molecule has 0 aliphatic rings. The van der Waals surface area contributed by atoms with Crippen LogP contribution >= 0.6 is 11.6 Å². The van der Waals surface area contributed by atoms with Gasteiger partial charge in [-0.05, 0) is 18.2 Å². The molecule has 0 aliphatic heterocycles. The van der Waals surface area contributed by atoms with E-state index in [-0.39, 0.29) is 12.3 Å². The second kappa shape index (κ2) is 7.56. The van der Waals surface area contributed by atoms with Crippen molar-refractivity contribution in [2.75, 3.05) is 17.2 Å². The van der Waals surface area contributed by atoms with Gasteiger partial charge in [0.15, 0.2) is 0 Å². The number of hydrogen-bond donors (Lipinski definition) is 2. The number of anilines is 2. The van der Waals surface area contributed by atoms with Gasteiger partial charge in [-0.25, -0.2) is 14.6 Å². The molecule has 2 heterocycles. The van der Waals surface area contributed by atoms with Gasteiger partial charge in [0.2, 0.25) is 11.9 Å². The molecular formula is C16H15ClN6O. The highest BCUT2D eigenvalue weighted by molar-refractivity contribution is 6.32. The Hall–Kier alpha value is -2.93. The monoisotopic (exact) mass is 342 g/mol. The summed E-state index contributed by atoms with van der Waals surface area (Å²) in [6, 6.07) is 9.09. The smallest absolute Gasteiger partial charge is 0.226 e. The number of carbonyl (C=O) groups excluding carboxylic acids is 1. The van der Waals surface area contributed by atoms with Gasteiger partial charge in [-0.2, -0.15) is 5.10 Å². The number of carbonyl (C=O) groups is 1. The maximum absolute atomic E-state index is 12.0. The zero-order chi connectivity index (χ0) is 16.8. The molecule has 122 valence electrons. The highest BCUT2D eigenvalue weighted by Gasteiger charge is 2.07. The fraction of sp³-hybridized carbons (Fsp3) is 0.125. The van der Waals surface area contributed by atoms with Gasteiger partial charge in [-0.3, -0.25) is 4.79 Å². The Kier molecular flexibility index (Phi) is 5.02. The number of rotatable bonds is 6. The molecule has 0 saturated carbocycles. The van der Waals surface area contributed by atoms with Crippen LogP contribution in [0.4, 0.5) is 11.6 Å². The highest BCUT2D eigenvalue weighted by Crippen LogP contribution is 2.20. The second-order valence-electron chi connectivity index (χ2n) is 4.92. The molecule has 2 aromatic heterocycles. The summed E-state index contributed by atoms with van der Waals surface area (Å²) in [6.07, 6.45) is 6.86. The Balaban J connectivity index is 1.53. The molecule has 8 heteroatoms. The third kappa shape index (κ3) is 4.08. The zero-order valence-electron chi connectivity index (χ0n) is 12.7. The fourth-order valence-corrected chi connectivity index (χ4v) is 2.28. The van der Waals surface area contributed by atoms with Crippen LogP contribution in [0.5, 0.6) is 0 Å². The topological polar surface area (TPSA) is 84.7 Å². The predicted octanol–water partition coefficient (Wildman–Crippen LogP) is 2.76. The summed E-state index contributed by atoms with van der Waals surface area (Å²) in [6.45, 7) is 0.439. The molecule has 24 heavy (non-hydrogen) atoms. The number of hydrogen-bond acceptors (Lipinski definition) is 5. The van der Waals surface area contributed by atoms with Crippen LogP contribution in [0.15, 0.2) is 55.1 Å². The molecule has 1 aromatic carbocycles. The molecule has 0 aliphatic carbocycles. The minimum Gasteiger partial charge on any atom is -0.354 e. The standard InChI is InChI=1S/C16H15ClN6O/c17-13-4-1-2-5-14(13)23-11-12(10-21-23)22-15(24)6-9-20-16-18-7-3-8-19-16/h1-5,7-8,10-11H,6,9H2,(H,22,24)(H,18,19,20). The van der Waals surface area contributed by atoms with E-state index in [1.54, 1.807) is 41.6 Å². The van der Waals surface area contributed by atoms with Crippen LogP contribution in [0, 0.1) is 0 Å². The van der Waals surface area contributed by atoms with Crippen LogP contribution in [-0.4, -0.2) is 32.2 Å². The molecule has 3 aromatic rings. The number of halogens is 1. The molecule has 0 saturated heterocycles. The van der Waals surface area contributed by atoms with Gasteiger partial charge in [0, 0.05) is 25.4 Å². The minimum absolute atomic E-state index is 0.128. The lowest BCUT2D eigenvalue weighted by Gasteiger charge is -2.05. The average Bonchev–Trinajstić information content (AvgIpc) is 3.04. The third-order valence-corrected chi connectivity index (χ3v) is 3.49. The molecule has 2 N–H and O–H groups in total. The van der Waals surface area contributed by atoms with Crippen LogP contribution in [0.2, 0.25) is 5.02 Å². The van der Waals surface area contributed by atoms with E-state index in [9.17, 15) is 4.79 Å². The molecule has 1 amide bonds. The van der Waals surface area contributed by atoms with Gasteiger partial charge >= 0.3 is 0 Å². The van der Waals surface area contributed by atoms with E-state index in [0.717, 1.165) is 5.69 Å². The van der Waals surface area contributed by atoms with Crippen molar-refractivity contribution in [3.8, 4) is 5.69 Å². The summed E-state index contributed by atoms with van der Waals surface area (Å²) >= 11 is 6.13. The summed E-state index contributed by atoms with van der Waals surface area (Å²) in [7, 11) is 0. The number of aromatic nitrogens is 4. The molecule has 7 nitrogen and oxygen atoms in total. The van der Waals surface area contributed by atoms with Crippen molar-refractivity contribution in [2.45, 2.75) is 6.42 Å². The predicted molar refractivity (Wildman–Crippen MR) is 92.3 cm³/mol. The Morgan fingerprint density at radius 2 is 1.96 bits per heavy atom. The maximum Gasteiger partial charge on any atom is 0.226 e. The normalized spacial score (nSPS) is 10.4. The van der Waals surface area contributed by atoms with E-state index >= 15 is 0 Å². The van der Waals surface area contributed by atoms with Crippen LogP contribution in [0.3, 0.4) is 0 Å². The van der Waals surface area contributed by atoms with Crippen molar-refractivity contribution in [1.82, 2.24) is 19.7 Å². The van der Waals surface area contributed by atoms with E-state index in [1.807, 2.05) is 18.2 Å². The van der Waals surface area contributed by atoms with Crippen molar-refractivity contribution < 1.29 is 4.79 Å². The van der Waals surface area contributed by atoms with Crippen LogP contribution in [-0.2, 0) is 4.79 Å². The van der Waals surface area contributed by atoms with Gasteiger partial charge in [-0.15, -0.1) is 0 Å². The first-order valence-corrected chi connectivity index (χ1v) is 7.70. The van der Waals surface area contributed by atoms with E-state index < -0.39 is 0 Å². The number of para-hydroxylation sites is 1. The zero-order valence-corrected chi connectivity index (χ0v) is 13.4. The summed E-state index contributed by atoms with van der Waals surface area (Å²) in [5.74, 6) is 0.369. The largest absolute Gasteiger partial charge is 0.354 e. The molecule has 0 fully saturated rings. The Labute approximate surface area is 143 Å². The minimum atomic E-state index is -0.128. The molecule has 0 bridgehead atoms. The Morgan fingerprint density at radius 3 is 2.75 bits per heavy atom. The van der Waals surface area contributed by atoms with E-state index in [0.29, 0.717) is 23.2 Å². The van der Waals surface area contributed by atoms with E-state index in [2.05, 4.69) is 25.7 Å². The number of nitrogens with zero attached hydrogens (tertiary/aromatic N) is 4. The third-order valence-electron chi connectivity index (χ3n) is 3.17. The van der Waals surface area contributed by atoms with Crippen molar-refractivity contribution in [1.29, 1.82) is 0 Å². The summed E-state index contributed by atoms with van der Waals surface area (Å²) in [4.78, 5) is 20.0. The van der Waals surface area contributed by atoms with Crippen LogP contribution in [0.25, 0.3) is 5.69 Å². The van der Waals surface area contributed by atoms with Crippen LogP contribution in [0.1, 0.15) is 6.42 Å². The first-order valence-electron chi connectivity index (χ1n) is 7.33. The number of nitrogens with one attached hydrogen (secondary N) is 2. The van der Waals surface area contributed by atoms with Gasteiger partial charge in [-0.1, -0.05) is 23.7 Å². The van der Waals surface area contributed by atoms with Gasteiger partial charge in [0.25, 0.3) is 0 Å². The SMILES string of the molecule is O=C(CCNc1ncccn1)Nc1cnn(-c2ccccc2Cl)c1. The molecule has 3 rings (SSSR count). The Bertz CT molecular complexity index is 820. The lowest BCUT2D eigenvalue weighted by Crippen LogP contribution is -2.16. The van der Waals surface area contributed by atoms with Crippen molar-refractivity contribution in [2.24, 2.45) is 0 Å². The quantitative estimate of drug-likeness (QED) is 0.719. The van der Waals surface area contributed by atoms with Crippen LogP contribution < -0.4 is 10.6 Å². The average molecular weight is 343 g/mol. The molecule has 0 unspecified atom stereocenters. The Morgan fingerprint density at radius 1 is 1.17 bits per heavy atom. The van der Waals surface area contributed by atoms with Crippen molar-refractivity contribution in [3.05, 3.63) is 60.1 Å². The van der Waals surface area contributed by atoms with Crippen molar-refractivity contribution >= 4 is 29.1 Å². The van der Waals surface area contributed by atoms with Crippen molar-refractivity contribution in [3.63, 3.8) is 0 Å². The molecule has 0 atom stereocenters. The highest BCUT2D eigenvalue weighted by atomic mass is 35.5. The number of benzene rings is 1. The fourth-order valence-electron chi connectivity index (χ4n) is 2.06.